The molecule has 0 spiro atoms. The van der Waals surface area contributed by atoms with Crippen LogP contribution in [0, 0.1) is 11.3 Å². The van der Waals surface area contributed by atoms with Gasteiger partial charge in [-0.15, -0.1) is 11.3 Å². The Morgan fingerprint density at radius 3 is 2.94 bits per heavy atom. The molecule has 80 valence electrons. The number of halogens is 1. The molecule has 0 unspecified atom stereocenters. The lowest BCUT2D eigenvalue weighted by atomic mass is 10.3. The summed E-state index contributed by atoms with van der Waals surface area (Å²) in [4.78, 5) is 5.36. The maximum atomic E-state index is 8.63. The van der Waals surface area contributed by atoms with E-state index in [0.29, 0.717) is 5.56 Å². The van der Waals surface area contributed by atoms with Crippen molar-refractivity contribution in [1.82, 2.24) is 4.98 Å². The number of rotatable bonds is 3. The molecule has 0 saturated carbocycles. The number of nitrogens with one attached hydrogen (secondary N) is 1. The largest absolute Gasteiger partial charge is 0.365 e. The number of aromatic nitrogens is 1. The Balaban J connectivity index is 1.97. The molecule has 16 heavy (non-hydrogen) atoms. The van der Waals surface area contributed by atoms with E-state index in [2.05, 4.69) is 32.3 Å². The second-order valence-electron chi connectivity index (χ2n) is 3.13. The predicted molar refractivity (Wildman–Crippen MR) is 68.3 cm³/mol. The summed E-state index contributed by atoms with van der Waals surface area (Å²) in [7, 11) is 0. The summed E-state index contributed by atoms with van der Waals surface area (Å²) >= 11 is 5.10. The predicted octanol–water partition coefficient (Wildman–Crippen LogP) is 3.39. The monoisotopic (exact) mass is 293 g/mol. The van der Waals surface area contributed by atoms with Gasteiger partial charge in [-0.25, -0.2) is 4.98 Å². The molecule has 1 N–H and O–H groups in total. The van der Waals surface area contributed by atoms with E-state index in [1.54, 1.807) is 29.7 Å². The number of thiophene rings is 1. The van der Waals surface area contributed by atoms with Crippen LogP contribution in [0.15, 0.2) is 34.2 Å². The molecule has 2 aromatic heterocycles. The Morgan fingerprint density at radius 2 is 2.38 bits per heavy atom. The van der Waals surface area contributed by atoms with E-state index in [4.69, 9.17) is 5.26 Å². The van der Waals surface area contributed by atoms with Crippen molar-refractivity contribution < 1.29 is 0 Å². The van der Waals surface area contributed by atoms with Gasteiger partial charge in [0.2, 0.25) is 0 Å². The third-order valence-corrected chi connectivity index (χ3v) is 3.66. The zero-order valence-electron chi connectivity index (χ0n) is 8.27. The van der Waals surface area contributed by atoms with Gasteiger partial charge >= 0.3 is 0 Å². The van der Waals surface area contributed by atoms with Gasteiger partial charge in [-0.2, -0.15) is 5.26 Å². The zero-order valence-corrected chi connectivity index (χ0v) is 10.7. The minimum Gasteiger partial charge on any atom is -0.365 e. The first-order chi connectivity index (χ1) is 7.78. The lowest BCUT2D eigenvalue weighted by molar-refractivity contribution is 1.14. The van der Waals surface area contributed by atoms with Gasteiger partial charge in [-0.05, 0) is 34.1 Å². The quantitative estimate of drug-likeness (QED) is 0.944. The van der Waals surface area contributed by atoms with Gasteiger partial charge in [0.05, 0.1) is 12.1 Å². The first-order valence-corrected chi connectivity index (χ1v) is 6.28. The second-order valence-corrected chi connectivity index (χ2v) is 5.04. The van der Waals surface area contributed by atoms with E-state index in [-0.39, 0.29) is 0 Å². The Hall–Kier alpha value is -1.38. The SMILES string of the molecule is N#Cc1ccc(NCc2cc(Br)cs2)nc1. The van der Waals surface area contributed by atoms with Crippen LogP contribution in [-0.4, -0.2) is 4.98 Å². The van der Waals surface area contributed by atoms with Crippen molar-refractivity contribution in [3.05, 3.63) is 44.7 Å². The molecule has 2 aromatic rings. The van der Waals surface area contributed by atoms with Crippen LogP contribution in [0.3, 0.4) is 0 Å². The van der Waals surface area contributed by atoms with Crippen LogP contribution >= 0.6 is 27.3 Å². The average Bonchev–Trinajstić information content (AvgIpc) is 2.73. The number of hydrogen-bond acceptors (Lipinski definition) is 4. The highest BCUT2D eigenvalue weighted by atomic mass is 79.9. The summed E-state index contributed by atoms with van der Waals surface area (Å²) in [6, 6.07) is 7.66. The molecule has 0 saturated heterocycles. The molecule has 0 aliphatic heterocycles. The highest BCUT2D eigenvalue weighted by molar-refractivity contribution is 9.10. The van der Waals surface area contributed by atoms with Crippen molar-refractivity contribution in [3.63, 3.8) is 0 Å². The molecular weight excluding hydrogens is 286 g/mol. The van der Waals surface area contributed by atoms with E-state index in [1.165, 1.54) is 4.88 Å². The standard InChI is InChI=1S/C11H8BrN3S/c12-9-3-10(16-7-9)6-15-11-2-1-8(4-13)5-14-11/h1-3,5,7H,6H2,(H,14,15). The van der Waals surface area contributed by atoms with E-state index in [1.807, 2.05) is 11.4 Å². The Bertz CT molecular complexity index is 513. The molecular formula is C11H8BrN3S. The average molecular weight is 294 g/mol. The van der Waals surface area contributed by atoms with Crippen molar-refractivity contribution in [1.29, 1.82) is 5.26 Å². The number of anilines is 1. The van der Waals surface area contributed by atoms with E-state index >= 15 is 0 Å². The van der Waals surface area contributed by atoms with E-state index < -0.39 is 0 Å². The third kappa shape index (κ3) is 2.81. The summed E-state index contributed by atoms with van der Waals surface area (Å²) < 4.78 is 1.10. The Labute approximate surface area is 106 Å². The number of hydrogen-bond donors (Lipinski definition) is 1. The van der Waals surface area contributed by atoms with Gasteiger partial charge in [-0.3, -0.25) is 0 Å². The molecule has 0 bridgehead atoms. The first-order valence-electron chi connectivity index (χ1n) is 4.61. The fourth-order valence-electron chi connectivity index (χ4n) is 1.19. The zero-order chi connectivity index (χ0) is 11.4. The summed E-state index contributed by atoms with van der Waals surface area (Å²) in [5.74, 6) is 0.781. The lowest BCUT2D eigenvalue weighted by Gasteiger charge is -2.02. The first kappa shape index (κ1) is 11.1. The van der Waals surface area contributed by atoms with Crippen molar-refractivity contribution in [2.45, 2.75) is 6.54 Å². The minimum atomic E-state index is 0.574. The van der Waals surface area contributed by atoms with Crippen molar-refractivity contribution >= 4 is 33.1 Å². The highest BCUT2D eigenvalue weighted by Gasteiger charge is 1.98. The third-order valence-electron chi connectivity index (χ3n) is 1.96. The molecule has 0 aliphatic carbocycles. The maximum Gasteiger partial charge on any atom is 0.126 e. The maximum absolute atomic E-state index is 8.63. The molecule has 2 rings (SSSR count). The van der Waals surface area contributed by atoms with Gasteiger partial charge < -0.3 is 5.32 Å². The molecule has 5 heteroatoms. The van der Waals surface area contributed by atoms with Crippen molar-refractivity contribution in [2.75, 3.05) is 5.32 Å². The van der Waals surface area contributed by atoms with Crippen LogP contribution in [0.25, 0.3) is 0 Å². The van der Waals surface area contributed by atoms with Crippen LogP contribution in [0.2, 0.25) is 0 Å². The fraction of sp³-hybridized carbons (Fsp3) is 0.0909. The minimum absolute atomic E-state index is 0.574. The Kier molecular flexibility index (Phi) is 3.54. The van der Waals surface area contributed by atoms with Gasteiger partial charge in [0.25, 0.3) is 0 Å². The van der Waals surface area contributed by atoms with Gasteiger partial charge in [0.15, 0.2) is 0 Å². The molecule has 0 fully saturated rings. The summed E-state index contributed by atoms with van der Waals surface area (Å²) in [6.07, 6.45) is 1.56. The van der Waals surface area contributed by atoms with Gasteiger partial charge in [-0.1, -0.05) is 0 Å². The Morgan fingerprint density at radius 1 is 1.50 bits per heavy atom. The summed E-state index contributed by atoms with van der Waals surface area (Å²) in [5, 5.41) is 13.9. The van der Waals surface area contributed by atoms with Crippen molar-refractivity contribution in [3.8, 4) is 6.07 Å². The number of nitrogens with zero attached hydrogens (tertiary/aromatic N) is 2. The summed E-state index contributed by atoms with van der Waals surface area (Å²) in [6.45, 7) is 0.745. The van der Waals surface area contributed by atoms with Crippen LogP contribution in [0.5, 0.6) is 0 Å². The fourth-order valence-corrected chi connectivity index (χ4v) is 2.58. The topological polar surface area (TPSA) is 48.7 Å². The summed E-state index contributed by atoms with van der Waals surface area (Å²) in [5.41, 5.74) is 0.574. The van der Waals surface area contributed by atoms with Crippen LogP contribution < -0.4 is 5.32 Å². The van der Waals surface area contributed by atoms with Gasteiger partial charge in [0, 0.05) is 20.9 Å². The van der Waals surface area contributed by atoms with E-state index in [9.17, 15) is 0 Å². The van der Waals surface area contributed by atoms with Crippen LogP contribution in [0.1, 0.15) is 10.4 Å². The molecule has 0 aliphatic rings. The smallest absolute Gasteiger partial charge is 0.126 e. The van der Waals surface area contributed by atoms with Crippen LogP contribution in [0.4, 0.5) is 5.82 Å². The van der Waals surface area contributed by atoms with Crippen LogP contribution in [-0.2, 0) is 6.54 Å². The number of nitriles is 1. The van der Waals surface area contributed by atoms with E-state index in [0.717, 1.165) is 16.8 Å². The highest BCUT2D eigenvalue weighted by Crippen LogP contribution is 2.20. The van der Waals surface area contributed by atoms with Gasteiger partial charge in [0.1, 0.15) is 11.9 Å². The molecule has 2 heterocycles. The molecule has 0 amide bonds. The normalized spacial score (nSPS) is 9.75. The number of pyridine rings is 1. The molecule has 0 atom stereocenters. The van der Waals surface area contributed by atoms with Crippen molar-refractivity contribution in [2.24, 2.45) is 0 Å². The molecule has 0 radical (unpaired) electrons. The second kappa shape index (κ2) is 5.10. The molecule has 3 nitrogen and oxygen atoms in total. The lowest BCUT2D eigenvalue weighted by Crippen LogP contribution is -1.99. The molecule has 0 aromatic carbocycles.